The van der Waals surface area contributed by atoms with Gasteiger partial charge in [-0.25, -0.2) is 4.98 Å². The van der Waals surface area contributed by atoms with Crippen LogP contribution in [0.5, 0.6) is 0 Å². The fraction of sp³-hybridized carbons (Fsp3) is 0.150. The van der Waals surface area contributed by atoms with Crippen molar-refractivity contribution in [3.63, 3.8) is 0 Å². The van der Waals surface area contributed by atoms with Crippen LogP contribution in [0.15, 0.2) is 76.3 Å². The molecule has 0 aliphatic heterocycles. The smallest absolute Gasteiger partial charge is 0.272 e. The molecule has 0 saturated heterocycles. The zero-order valence-electron chi connectivity index (χ0n) is 14.0. The lowest BCUT2D eigenvalue weighted by molar-refractivity contribution is 0.596. The summed E-state index contributed by atoms with van der Waals surface area (Å²) in [6.45, 7) is 0.624. The average Bonchev–Trinajstić information content (AvgIpc) is 3.16. The second kappa shape index (κ2) is 7.85. The van der Waals surface area contributed by atoms with Gasteiger partial charge in [-0.05, 0) is 35.1 Å². The number of thioether (sulfide) groups is 1. The van der Waals surface area contributed by atoms with Crippen LogP contribution < -0.4 is 5.56 Å². The van der Waals surface area contributed by atoms with Gasteiger partial charge in [0, 0.05) is 24.7 Å². The minimum absolute atomic E-state index is 0.0506. The predicted octanol–water partition coefficient (Wildman–Crippen LogP) is 4.39. The number of aromatic nitrogens is 3. The number of rotatable bonds is 6. The van der Waals surface area contributed by atoms with Crippen molar-refractivity contribution < 1.29 is 0 Å². The molecule has 4 rings (SSSR count). The number of nitrogens with zero attached hydrogens (tertiary/aromatic N) is 3. The van der Waals surface area contributed by atoms with Crippen LogP contribution in [0.25, 0.3) is 10.2 Å². The first-order valence-electron chi connectivity index (χ1n) is 8.35. The maximum absolute atomic E-state index is 13.0. The standard InChI is InChI=1S/C20H17N3OS2/c24-19-18-17(9-12-25-18)22-20(26-14-16-7-4-10-21-13-16)23(19)11-8-15-5-2-1-3-6-15/h1-7,9-10,12-13H,8,11,14H2. The summed E-state index contributed by atoms with van der Waals surface area (Å²) in [7, 11) is 0. The molecule has 6 heteroatoms. The maximum Gasteiger partial charge on any atom is 0.272 e. The van der Waals surface area contributed by atoms with E-state index in [1.807, 2.05) is 52.5 Å². The molecule has 0 N–H and O–H groups in total. The Morgan fingerprint density at radius 3 is 2.69 bits per heavy atom. The molecule has 4 aromatic rings. The molecule has 0 aliphatic rings. The van der Waals surface area contributed by atoms with Crippen LogP contribution in [0.4, 0.5) is 0 Å². The monoisotopic (exact) mass is 379 g/mol. The van der Waals surface area contributed by atoms with E-state index in [1.54, 1.807) is 18.0 Å². The first-order chi connectivity index (χ1) is 12.8. The van der Waals surface area contributed by atoms with Gasteiger partial charge in [0.05, 0.1) is 5.52 Å². The van der Waals surface area contributed by atoms with E-state index in [2.05, 4.69) is 17.1 Å². The summed E-state index contributed by atoms with van der Waals surface area (Å²) < 4.78 is 2.54. The molecule has 3 aromatic heterocycles. The highest BCUT2D eigenvalue weighted by Gasteiger charge is 2.13. The van der Waals surface area contributed by atoms with E-state index in [9.17, 15) is 4.79 Å². The fourth-order valence-corrected chi connectivity index (χ4v) is 4.49. The van der Waals surface area contributed by atoms with Gasteiger partial charge in [0.25, 0.3) is 5.56 Å². The van der Waals surface area contributed by atoms with Crippen LogP contribution in [0, 0.1) is 0 Å². The van der Waals surface area contributed by atoms with Crippen LogP contribution in [-0.4, -0.2) is 14.5 Å². The van der Waals surface area contributed by atoms with Crippen LogP contribution in [-0.2, 0) is 18.7 Å². The number of thiophene rings is 1. The van der Waals surface area contributed by atoms with Crippen molar-refractivity contribution in [2.24, 2.45) is 0 Å². The van der Waals surface area contributed by atoms with Gasteiger partial charge in [0.1, 0.15) is 4.70 Å². The van der Waals surface area contributed by atoms with Gasteiger partial charge in [0.2, 0.25) is 0 Å². The third-order valence-electron chi connectivity index (χ3n) is 4.09. The van der Waals surface area contributed by atoms with Crippen molar-refractivity contribution in [1.29, 1.82) is 0 Å². The van der Waals surface area contributed by atoms with Crippen LogP contribution in [0.2, 0.25) is 0 Å². The van der Waals surface area contributed by atoms with Crippen LogP contribution >= 0.6 is 23.1 Å². The van der Waals surface area contributed by atoms with Crippen LogP contribution in [0.3, 0.4) is 0 Å². The van der Waals surface area contributed by atoms with Crippen LogP contribution in [0.1, 0.15) is 11.1 Å². The molecule has 0 aliphatic carbocycles. The van der Waals surface area contributed by atoms with E-state index in [-0.39, 0.29) is 5.56 Å². The molecular formula is C20H17N3OS2. The Morgan fingerprint density at radius 1 is 1.04 bits per heavy atom. The van der Waals surface area contributed by atoms with Gasteiger partial charge in [-0.3, -0.25) is 14.3 Å². The minimum Gasteiger partial charge on any atom is -0.286 e. The van der Waals surface area contributed by atoms with Crippen molar-refractivity contribution in [1.82, 2.24) is 14.5 Å². The van der Waals surface area contributed by atoms with E-state index in [0.717, 1.165) is 33.1 Å². The Morgan fingerprint density at radius 2 is 1.88 bits per heavy atom. The van der Waals surface area contributed by atoms with Crippen molar-refractivity contribution in [3.8, 4) is 0 Å². The largest absolute Gasteiger partial charge is 0.286 e. The highest BCUT2D eigenvalue weighted by molar-refractivity contribution is 7.98. The van der Waals surface area contributed by atoms with Crippen molar-refractivity contribution in [2.75, 3.05) is 0 Å². The molecule has 0 amide bonds. The van der Waals surface area contributed by atoms with E-state index >= 15 is 0 Å². The molecule has 3 heterocycles. The number of pyridine rings is 1. The molecule has 4 nitrogen and oxygen atoms in total. The van der Waals surface area contributed by atoms with Gasteiger partial charge in [-0.15, -0.1) is 11.3 Å². The molecule has 0 spiro atoms. The van der Waals surface area contributed by atoms with Gasteiger partial charge in [-0.1, -0.05) is 48.2 Å². The second-order valence-electron chi connectivity index (χ2n) is 5.87. The Hall–Kier alpha value is -2.44. The first kappa shape index (κ1) is 17.0. The quantitative estimate of drug-likeness (QED) is 0.368. The lowest BCUT2D eigenvalue weighted by atomic mass is 10.1. The van der Waals surface area contributed by atoms with Crippen molar-refractivity contribution in [2.45, 2.75) is 23.9 Å². The molecule has 0 atom stereocenters. The Kier molecular flexibility index (Phi) is 5.13. The number of benzene rings is 1. The lowest BCUT2D eigenvalue weighted by Gasteiger charge is -2.12. The number of fused-ring (bicyclic) bond motifs is 1. The molecular weight excluding hydrogens is 362 g/mol. The normalized spacial score (nSPS) is 11.1. The molecule has 130 valence electrons. The minimum atomic E-state index is 0.0506. The zero-order chi connectivity index (χ0) is 17.8. The van der Waals surface area contributed by atoms with Gasteiger partial charge in [-0.2, -0.15) is 0 Å². The van der Waals surface area contributed by atoms with E-state index in [0.29, 0.717) is 6.54 Å². The maximum atomic E-state index is 13.0. The SMILES string of the molecule is O=c1c2sccc2nc(SCc2cccnc2)n1CCc1ccccc1. The van der Waals surface area contributed by atoms with E-state index in [1.165, 1.54) is 16.9 Å². The molecule has 26 heavy (non-hydrogen) atoms. The number of aryl methyl sites for hydroxylation is 1. The predicted molar refractivity (Wildman–Crippen MR) is 108 cm³/mol. The van der Waals surface area contributed by atoms with Gasteiger partial charge < -0.3 is 0 Å². The topological polar surface area (TPSA) is 47.8 Å². The Bertz CT molecular complexity index is 1060. The summed E-state index contributed by atoms with van der Waals surface area (Å²) >= 11 is 3.04. The summed E-state index contributed by atoms with van der Waals surface area (Å²) in [4.78, 5) is 21.8. The summed E-state index contributed by atoms with van der Waals surface area (Å²) in [5, 5.41) is 2.69. The first-order valence-corrected chi connectivity index (χ1v) is 10.2. The van der Waals surface area contributed by atoms with E-state index < -0.39 is 0 Å². The summed E-state index contributed by atoms with van der Waals surface area (Å²) in [6, 6.07) is 16.1. The zero-order valence-corrected chi connectivity index (χ0v) is 15.7. The molecule has 1 aromatic carbocycles. The molecule has 0 unspecified atom stereocenters. The third kappa shape index (κ3) is 3.71. The Labute approximate surface area is 159 Å². The van der Waals surface area contributed by atoms with Crippen molar-refractivity contribution >= 4 is 33.3 Å². The highest BCUT2D eigenvalue weighted by Crippen LogP contribution is 2.24. The molecule has 0 bridgehead atoms. The highest BCUT2D eigenvalue weighted by atomic mass is 32.2. The second-order valence-corrected chi connectivity index (χ2v) is 7.73. The third-order valence-corrected chi connectivity index (χ3v) is 6.03. The summed E-state index contributed by atoms with van der Waals surface area (Å²) in [5.41, 5.74) is 3.17. The van der Waals surface area contributed by atoms with Crippen molar-refractivity contribution in [3.05, 3.63) is 87.8 Å². The summed E-state index contributed by atoms with van der Waals surface area (Å²) in [6.07, 6.45) is 4.42. The number of hydrogen-bond acceptors (Lipinski definition) is 5. The van der Waals surface area contributed by atoms with Gasteiger partial charge >= 0.3 is 0 Å². The Balaban J connectivity index is 1.64. The molecule has 0 radical (unpaired) electrons. The fourth-order valence-electron chi connectivity index (χ4n) is 2.75. The summed E-state index contributed by atoms with van der Waals surface area (Å²) in [5.74, 6) is 0.737. The van der Waals surface area contributed by atoms with E-state index in [4.69, 9.17) is 4.98 Å². The molecule has 0 fully saturated rings. The lowest BCUT2D eigenvalue weighted by Crippen LogP contribution is -2.23. The van der Waals surface area contributed by atoms with Gasteiger partial charge in [0.15, 0.2) is 5.16 Å². The average molecular weight is 380 g/mol. The number of hydrogen-bond donors (Lipinski definition) is 0. The molecule has 0 saturated carbocycles.